The largest absolute Gasteiger partial charge is 0.490 e. The predicted octanol–water partition coefficient (Wildman–Crippen LogP) is 5.30. The number of hydrogen-bond donors (Lipinski definition) is 1. The van der Waals surface area contributed by atoms with Crippen LogP contribution in [0.2, 0.25) is 0 Å². The van der Waals surface area contributed by atoms with Gasteiger partial charge in [-0.1, -0.05) is 30.9 Å². The highest BCUT2D eigenvalue weighted by Gasteiger charge is 2.07. The number of benzene rings is 3. The summed E-state index contributed by atoms with van der Waals surface area (Å²) in [5, 5.41) is 2.86. The van der Waals surface area contributed by atoms with Gasteiger partial charge in [0, 0.05) is 11.3 Å². The van der Waals surface area contributed by atoms with E-state index in [4.69, 9.17) is 9.47 Å². The number of amides is 1. The first-order chi connectivity index (χ1) is 12.7. The molecule has 3 aromatic rings. The van der Waals surface area contributed by atoms with E-state index in [1.54, 1.807) is 42.5 Å². The van der Waals surface area contributed by atoms with Gasteiger partial charge >= 0.3 is 0 Å². The SMILES string of the molecule is C=CCOc1ccc(C(=O)Nc2ccc(Oc3ccccc3)cc2)cc1. The molecule has 130 valence electrons. The average Bonchev–Trinajstić information content (AvgIpc) is 2.69. The molecule has 0 aromatic heterocycles. The molecule has 0 heterocycles. The van der Waals surface area contributed by atoms with E-state index in [-0.39, 0.29) is 5.91 Å². The van der Waals surface area contributed by atoms with Crippen LogP contribution < -0.4 is 14.8 Å². The van der Waals surface area contributed by atoms with Gasteiger partial charge in [0.2, 0.25) is 0 Å². The maximum atomic E-state index is 12.3. The number of hydrogen-bond acceptors (Lipinski definition) is 3. The van der Waals surface area contributed by atoms with Gasteiger partial charge in [-0.3, -0.25) is 4.79 Å². The van der Waals surface area contributed by atoms with Crippen molar-refractivity contribution in [1.29, 1.82) is 0 Å². The summed E-state index contributed by atoms with van der Waals surface area (Å²) in [7, 11) is 0. The second-order valence-corrected chi connectivity index (χ2v) is 5.52. The Bertz CT molecular complexity index is 856. The zero-order valence-electron chi connectivity index (χ0n) is 14.2. The topological polar surface area (TPSA) is 47.6 Å². The summed E-state index contributed by atoms with van der Waals surface area (Å²) in [5.74, 6) is 1.99. The Morgan fingerprint density at radius 1 is 0.846 bits per heavy atom. The minimum atomic E-state index is -0.183. The van der Waals surface area contributed by atoms with Crippen LogP contribution in [0.1, 0.15) is 10.4 Å². The molecule has 26 heavy (non-hydrogen) atoms. The fourth-order valence-electron chi connectivity index (χ4n) is 2.29. The highest BCUT2D eigenvalue weighted by Crippen LogP contribution is 2.23. The van der Waals surface area contributed by atoms with Crippen LogP contribution in [0.15, 0.2) is 91.5 Å². The summed E-state index contributed by atoms with van der Waals surface area (Å²) in [6, 6.07) is 23.7. The Balaban J connectivity index is 1.59. The van der Waals surface area contributed by atoms with E-state index in [2.05, 4.69) is 11.9 Å². The Hall–Kier alpha value is -3.53. The molecule has 0 fully saturated rings. The van der Waals surface area contributed by atoms with Crippen LogP contribution in [0.3, 0.4) is 0 Å². The van der Waals surface area contributed by atoms with E-state index in [9.17, 15) is 4.79 Å². The number of para-hydroxylation sites is 1. The monoisotopic (exact) mass is 345 g/mol. The molecular weight excluding hydrogens is 326 g/mol. The van der Waals surface area contributed by atoms with E-state index in [0.29, 0.717) is 29.4 Å². The van der Waals surface area contributed by atoms with Gasteiger partial charge in [0.05, 0.1) is 0 Å². The van der Waals surface area contributed by atoms with Crippen molar-refractivity contribution in [2.75, 3.05) is 11.9 Å². The fourth-order valence-corrected chi connectivity index (χ4v) is 2.29. The molecule has 4 heteroatoms. The van der Waals surface area contributed by atoms with E-state index in [1.807, 2.05) is 42.5 Å². The Kier molecular flexibility index (Phi) is 5.68. The molecule has 0 saturated carbocycles. The average molecular weight is 345 g/mol. The van der Waals surface area contributed by atoms with E-state index < -0.39 is 0 Å². The first-order valence-electron chi connectivity index (χ1n) is 8.23. The number of carbonyl (C=O) groups is 1. The number of carbonyl (C=O) groups excluding carboxylic acids is 1. The second kappa shape index (κ2) is 8.53. The molecule has 0 aliphatic heterocycles. The third kappa shape index (κ3) is 4.74. The van der Waals surface area contributed by atoms with E-state index in [0.717, 1.165) is 5.75 Å². The van der Waals surface area contributed by atoms with Gasteiger partial charge in [0.25, 0.3) is 5.91 Å². The van der Waals surface area contributed by atoms with Gasteiger partial charge in [-0.05, 0) is 60.7 Å². The van der Waals surface area contributed by atoms with Crippen molar-refractivity contribution >= 4 is 11.6 Å². The van der Waals surface area contributed by atoms with Crippen molar-refractivity contribution in [3.63, 3.8) is 0 Å². The zero-order chi connectivity index (χ0) is 18.2. The van der Waals surface area contributed by atoms with Crippen molar-refractivity contribution < 1.29 is 14.3 Å². The summed E-state index contributed by atoms with van der Waals surface area (Å²) >= 11 is 0. The number of ether oxygens (including phenoxy) is 2. The lowest BCUT2D eigenvalue weighted by atomic mass is 10.2. The lowest BCUT2D eigenvalue weighted by Crippen LogP contribution is -2.11. The normalized spacial score (nSPS) is 10.0. The molecule has 0 aliphatic rings. The molecule has 3 rings (SSSR count). The van der Waals surface area contributed by atoms with Crippen molar-refractivity contribution in [1.82, 2.24) is 0 Å². The Labute approximate surface area is 152 Å². The Morgan fingerprint density at radius 3 is 2.12 bits per heavy atom. The van der Waals surface area contributed by atoms with Crippen LogP contribution in [-0.4, -0.2) is 12.5 Å². The van der Waals surface area contributed by atoms with Gasteiger partial charge < -0.3 is 14.8 Å². The highest BCUT2D eigenvalue weighted by atomic mass is 16.5. The van der Waals surface area contributed by atoms with Crippen LogP contribution in [0.5, 0.6) is 17.2 Å². The van der Waals surface area contributed by atoms with Gasteiger partial charge in [-0.15, -0.1) is 0 Å². The molecule has 0 aliphatic carbocycles. The lowest BCUT2D eigenvalue weighted by molar-refractivity contribution is 0.102. The first-order valence-corrected chi connectivity index (χ1v) is 8.23. The first kappa shape index (κ1) is 17.3. The van der Waals surface area contributed by atoms with E-state index in [1.165, 1.54) is 0 Å². The molecule has 0 atom stereocenters. The van der Waals surface area contributed by atoms with Crippen molar-refractivity contribution in [2.45, 2.75) is 0 Å². The molecule has 0 bridgehead atoms. The van der Waals surface area contributed by atoms with Crippen LogP contribution in [0.25, 0.3) is 0 Å². The summed E-state index contributed by atoms with van der Waals surface area (Å²) in [4.78, 5) is 12.3. The third-order valence-corrected chi connectivity index (χ3v) is 3.58. The molecule has 1 amide bonds. The van der Waals surface area contributed by atoms with Crippen LogP contribution >= 0.6 is 0 Å². The zero-order valence-corrected chi connectivity index (χ0v) is 14.2. The standard InChI is InChI=1S/C22H19NO3/c1-2-16-25-19-12-8-17(9-13-19)22(24)23-18-10-14-21(15-11-18)26-20-6-4-3-5-7-20/h2-15H,1,16H2,(H,23,24). The maximum absolute atomic E-state index is 12.3. The summed E-state index contributed by atoms with van der Waals surface area (Å²) in [5.41, 5.74) is 1.25. The molecular formula is C22H19NO3. The molecule has 1 N–H and O–H groups in total. The van der Waals surface area contributed by atoms with E-state index >= 15 is 0 Å². The lowest BCUT2D eigenvalue weighted by Gasteiger charge is -2.09. The fraction of sp³-hybridized carbons (Fsp3) is 0.0455. The van der Waals surface area contributed by atoms with Crippen molar-refractivity contribution in [3.8, 4) is 17.2 Å². The quantitative estimate of drug-likeness (QED) is 0.591. The third-order valence-electron chi connectivity index (χ3n) is 3.58. The predicted molar refractivity (Wildman–Crippen MR) is 103 cm³/mol. The molecule has 0 radical (unpaired) electrons. The maximum Gasteiger partial charge on any atom is 0.255 e. The minimum Gasteiger partial charge on any atom is -0.490 e. The Morgan fingerprint density at radius 2 is 1.46 bits per heavy atom. The highest BCUT2D eigenvalue weighted by molar-refractivity contribution is 6.04. The summed E-state index contributed by atoms with van der Waals surface area (Å²) in [6.07, 6.45) is 1.67. The van der Waals surface area contributed by atoms with Crippen LogP contribution in [-0.2, 0) is 0 Å². The van der Waals surface area contributed by atoms with Crippen LogP contribution in [0.4, 0.5) is 5.69 Å². The smallest absolute Gasteiger partial charge is 0.255 e. The summed E-state index contributed by atoms with van der Waals surface area (Å²) in [6.45, 7) is 4.03. The number of nitrogens with one attached hydrogen (secondary N) is 1. The van der Waals surface area contributed by atoms with Crippen molar-refractivity contribution in [3.05, 3.63) is 97.1 Å². The molecule has 0 spiro atoms. The van der Waals surface area contributed by atoms with Gasteiger partial charge in [-0.25, -0.2) is 0 Å². The second-order valence-electron chi connectivity index (χ2n) is 5.52. The van der Waals surface area contributed by atoms with Crippen LogP contribution in [0, 0.1) is 0 Å². The molecule has 0 saturated heterocycles. The molecule has 0 unspecified atom stereocenters. The van der Waals surface area contributed by atoms with Gasteiger partial charge in [0.15, 0.2) is 0 Å². The van der Waals surface area contributed by atoms with Gasteiger partial charge in [-0.2, -0.15) is 0 Å². The van der Waals surface area contributed by atoms with Gasteiger partial charge in [0.1, 0.15) is 23.9 Å². The molecule has 4 nitrogen and oxygen atoms in total. The summed E-state index contributed by atoms with van der Waals surface area (Å²) < 4.78 is 11.1. The number of anilines is 1. The van der Waals surface area contributed by atoms with Crippen molar-refractivity contribution in [2.24, 2.45) is 0 Å². The minimum absolute atomic E-state index is 0.183. The molecule has 3 aromatic carbocycles. The number of rotatable bonds is 7.